The summed E-state index contributed by atoms with van der Waals surface area (Å²) in [6.45, 7) is -0.876. The number of hydrogen-bond acceptors (Lipinski definition) is 4. The first-order chi connectivity index (χ1) is 13.4. The molecule has 28 heavy (non-hydrogen) atoms. The Morgan fingerprint density at radius 2 is 1.68 bits per heavy atom. The van der Waals surface area contributed by atoms with Gasteiger partial charge in [0, 0.05) is 13.0 Å². The molecular formula is C19H15F3N2O4. The molecule has 1 aliphatic rings. The fraction of sp³-hybridized carbons (Fsp3) is 0.211. The van der Waals surface area contributed by atoms with Crippen molar-refractivity contribution >= 4 is 29.2 Å². The monoisotopic (exact) mass is 392 g/mol. The molecule has 0 aliphatic carbocycles. The topological polar surface area (TPSA) is 75.7 Å². The summed E-state index contributed by atoms with van der Waals surface area (Å²) in [6, 6.07) is 8.71. The second-order valence-corrected chi connectivity index (χ2v) is 6.11. The van der Waals surface area contributed by atoms with Gasteiger partial charge in [0.15, 0.2) is 6.61 Å². The molecule has 1 saturated heterocycles. The first-order valence-corrected chi connectivity index (χ1v) is 8.32. The van der Waals surface area contributed by atoms with Crippen LogP contribution < -0.4 is 10.2 Å². The van der Waals surface area contributed by atoms with Gasteiger partial charge >= 0.3 is 5.97 Å². The highest BCUT2D eigenvalue weighted by atomic mass is 19.1. The van der Waals surface area contributed by atoms with Gasteiger partial charge in [0.25, 0.3) is 5.91 Å². The van der Waals surface area contributed by atoms with Crippen molar-refractivity contribution in [3.63, 3.8) is 0 Å². The van der Waals surface area contributed by atoms with E-state index in [4.69, 9.17) is 4.74 Å². The summed E-state index contributed by atoms with van der Waals surface area (Å²) in [5, 5.41) is 1.98. The number of ether oxygens (including phenoxy) is 1. The standard InChI is InChI=1S/C19H15F3N2O4/c20-12-4-1-2-7-15(12)24-9-11(8-17(24)26)19(27)28-10-16(25)23-18-13(21)5-3-6-14(18)22/h1-7,11H,8-10H2,(H,23,25)/t11-/m0/s1. The fourth-order valence-electron chi connectivity index (χ4n) is 2.82. The predicted molar refractivity (Wildman–Crippen MR) is 92.8 cm³/mol. The highest BCUT2D eigenvalue weighted by Crippen LogP contribution is 2.27. The second-order valence-electron chi connectivity index (χ2n) is 6.11. The zero-order chi connectivity index (χ0) is 20.3. The van der Waals surface area contributed by atoms with Crippen LogP contribution in [0.25, 0.3) is 0 Å². The van der Waals surface area contributed by atoms with Crippen molar-refractivity contribution < 1.29 is 32.3 Å². The third-order valence-electron chi connectivity index (χ3n) is 4.17. The number of benzene rings is 2. The van der Waals surface area contributed by atoms with E-state index in [-0.39, 0.29) is 18.7 Å². The summed E-state index contributed by atoms with van der Waals surface area (Å²) in [5.74, 6) is -5.65. The van der Waals surface area contributed by atoms with Crippen LogP contribution in [-0.2, 0) is 19.1 Å². The van der Waals surface area contributed by atoms with Gasteiger partial charge < -0.3 is 15.0 Å². The maximum atomic E-state index is 13.8. The molecule has 2 aromatic rings. The van der Waals surface area contributed by atoms with E-state index in [1.807, 2.05) is 5.32 Å². The maximum Gasteiger partial charge on any atom is 0.311 e. The number of rotatable bonds is 5. The van der Waals surface area contributed by atoms with Crippen molar-refractivity contribution in [2.45, 2.75) is 6.42 Å². The zero-order valence-corrected chi connectivity index (χ0v) is 14.5. The minimum Gasteiger partial charge on any atom is -0.455 e. The van der Waals surface area contributed by atoms with Gasteiger partial charge in [-0.25, -0.2) is 13.2 Å². The van der Waals surface area contributed by atoms with Crippen molar-refractivity contribution in [3.05, 3.63) is 59.9 Å². The molecule has 0 aromatic heterocycles. The molecule has 0 radical (unpaired) electrons. The molecule has 0 unspecified atom stereocenters. The number of esters is 1. The predicted octanol–water partition coefficient (Wildman–Crippen LogP) is 2.64. The lowest BCUT2D eigenvalue weighted by molar-refractivity contribution is -0.151. The van der Waals surface area contributed by atoms with Gasteiger partial charge in [-0.3, -0.25) is 14.4 Å². The Balaban J connectivity index is 1.56. The number of carbonyl (C=O) groups is 3. The highest BCUT2D eigenvalue weighted by Gasteiger charge is 2.37. The third kappa shape index (κ3) is 4.13. The fourth-order valence-corrected chi connectivity index (χ4v) is 2.82. The van der Waals surface area contributed by atoms with Crippen LogP contribution in [-0.4, -0.2) is 30.9 Å². The number of para-hydroxylation sites is 2. The van der Waals surface area contributed by atoms with Crippen molar-refractivity contribution in [1.82, 2.24) is 0 Å². The Hall–Kier alpha value is -3.36. The van der Waals surface area contributed by atoms with E-state index in [9.17, 15) is 27.6 Å². The number of hydrogen-bond donors (Lipinski definition) is 1. The van der Waals surface area contributed by atoms with Gasteiger partial charge in [0.1, 0.15) is 23.1 Å². The van der Waals surface area contributed by atoms with Gasteiger partial charge in [-0.05, 0) is 24.3 Å². The largest absolute Gasteiger partial charge is 0.455 e. The molecular weight excluding hydrogens is 377 g/mol. The molecule has 1 N–H and O–H groups in total. The average molecular weight is 392 g/mol. The van der Waals surface area contributed by atoms with E-state index in [1.165, 1.54) is 18.2 Å². The van der Waals surface area contributed by atoms with E-state index in [0.29, 0.717) is 0 Å². The minimum absolute atomic E-state index is 0.0515. The molecule has 3 rings (SSSR count). The van der Waals surface area contributed by atoms with Crippen molar-refractivity contribution in [1.29, 1.82) is 0 Å². The summed E-state index contributed by atoms with van der Waals surface area (Å²) in [5.41, 5.74) is -0.596. The number of nitrogens with one attached hydrogen (secondary N) is 1. The normalized spacial score (nSPS) is 16.2. The molecule has 6 nitrogen and oxygen atoms in total. The zero-order valence-electron chi connectivity index (χ0n) is 14.5. The molecule has 2 aromatic carbocycles. The lowest BCUT2D eigenvalue weighted by atomic mass is 10.1. The van der Waals surface area contributed by atoms with Crippen LogP contribution in [0, 0.1) is 23.4 Å². The maximum absolute atomic E-state index is 13.8. The van der Waals surface area contributed by atoms with Gasteiger partial charge in [-0.15, -0.1) is 0 Å². The Kier molecular flexibility index (Phi) is 5.62. The number of halogens is 3. The second kappa shape index (κ2) is 8.12. The first kappa shape index (κ1) is 19.4. The number of anilines is 2. The van der Waals surface area contributed by atoms with Crippen LogP contribution >= 0.6 is 0 Å². The molecule has 0 saturated carbocycles. The van der Waals surface area contributed by atoms with Crippen LogP contribution in [0.2, 0.25) is 0 Å². The number of carbonyl (C=O) groups excluding carboxylic acids is 3. The third-order valence-corrected chi connectivity index (χ3v) is 4.17. The SMILES string of the molecule is O=C(COC(=O)[C@H]1CC(=O)N(c2ccccc2F)C1)Nc1c(F)cccc1F. The van der Waals surface area contributed by atoms with Crippen LogP contribution in [0.5, 0.6) is 0 Å². The van der Waals surface area contributed by atoms with Crippen molar-refractivity contribution in [3.8, 4) is 0 Å². The highest BCUT2D eigenvalue weighted by molar-refractivity contribution is 6.00. The summed E-state index contributed by atoms with van der Waals surface area (Å²) in [6.07, 6.45) is -0.198. The van der Waals surface area contributed by atoms with E-state index in [0.717, 1.165) is 23.1 Å². The molecule has 2 amide bonds. The summed E-state index contributed by atoms with van der Waals surface area (Å²) in [4.78, 5) is 37.1. The van der Waals surface area contributed by atoms with Gasteiger partial charge in [-0.2, -0.15) is 0 Å². The molecule has 1 fully saturated rings. The van der Waals surface area contributed by atoms with Crippen molar-refractivity contribution in [2.75, 3.05) is 23.4 Å². The van der Waals surface area contributed by atoms with Gasteiger partial charge in [-0.1, -0.05) is 18.2 Å². The number of amides is 2. The molecule has 0 bridgehead atoms. The lowest BCUT2D eigenvalue weighted by Gasteiger charge is -2.17. The summed E-state index contributed by atoms with van der Waals surface area (Å²) in [7, 11) is 0. The quantitative estimate of drug-likeness (QED) is 0.794. The summed E-state index contributed by atoms with van der Waals surface area (Å²) < 4.78 is 45.7. The van der Waals surface area contributed by atoms with E-state index in [2.05, 4.69) is 0 Å². The Morgan fingerprint density at radius 1 is 1.04 bits per heavy atom. The first-order valence-electron chi connectivity index (χ1n) is 8.32. The molecule has 146 valence electrons. The van der Waals surface area contributed by atoms with Crippen LogP contribution in [0.15, 0.2) is 42.5 Å². The van der Waals surface area contributed by atoms with E-state index < -0.39 is 53.4 Å². The van der Waals surface area contributed by atoms with Crippen LogP contribution in [0.1, 0.15) is 6.42 Å². The number of nitrogens with zero attached hydrogens (tertiary/aromatic N) is 1. The van der Waals surface area contributed by atoms with Crippen LogP contribution in [0.3, 0.4) is 0 Å². The molecule has 1 heterocycles. The van der Waals surface area contributed by atoms with Gasteiger partial charge in [0.05, 0.1) is 11.6 Å². The molecule has 1 aliphatic heterocycles. The average Bonchev–Trinajstić information content (AvgIpc) is 3.05. The Labute approximate surface area is 157 Å². The lowest BCUT2D eigenvalue weighted by Crippen LogP contribution is -2.28. The van der Waals surface area contributed by atoms with Crippen LogP contribution in [0.4, 0.5) is 24.5 Å². The molecule has 1 atom stereocenters. The smallest absolute Gasteiger partial charge is 0.311 e. The summed E-state index contributed by atoms with van der Waals surface area (Å²) >= 11 is 0. The van der Waals surface area contributed by atoms with E-state index >= 15 is 0 Å². The Bertz CT molecular complexity index is 915. The van der Waals surface area contributed by atoms with Crippen molar-refractivity contribution in [2.24, 2.45) is 5.92 Å². The Morgan fingerprint density at radius 3 is 2.36 bits per heavy atom. The van der Waals surface area contributed by atoms with E-state index in [1.54, 1.807) is 6.07 Å². The van der Waals surface area contributed by atoms with Gasteiger partial charge in [0.2, 0.25) is 5.91 Å². The molecule has 9 heteroatoms. The molecule has 0 spiro atoms. The minimum atomic E-state index is -0.971.